The Morgan fingerprint density at radius 1 is 1.42 bits per heavy atom. The first-order chi connectivity index (χ1) is 9.17. The molecule has 0 aliphatic carbocycles. The maximum Gasteiger partial charge on any atom is 0.295 e. The number of methoxy groups -OCH3 is 1. The third-order valence-corrected chi connectivity index (χ3v) is 3.82. The maximum absolute atomic E-state index is 11.7. The fraction of sp³-hybridized carbons (Fsp3) is 0.692. The minimum atomic E-state index is -0.225. The van der Waals surface area contributed by atoms with E-state index in [2.05, 4.69) is 33.6 Å². The summed E-state index contributed by atoms with van der Waals surface area (Å²) in [5.41, 5.74) is -0.225. The van der Waals surface area contributed by atoms with Crippen LogP contribution in [0.15, 0.2) is 11.1 Å². The van der Waals surface area contributed by atoms with Crippen LogP contribution < -0.4 is 15.2 Å². The van der Waals surface area contributed by atoms with Crippen LogP contribution in [0, 0.1) is 0 Å². The highest BCUT2D eigenvalue weighted by atomic mass is 16.5. The minimum Gasteiger partial charge on any atom is -0.489 e. The SMILES string of the molecule is CCC(C)N1CCN(c2nc[nH]c(=O)c2OC)CC1. The molecule has 106 valence electrons. The fourth-order valence-electron chi connectivity index (χ4n) is 2.42. The summed E-state index contributed by atoms with van der Waals surface area (Å²) in [5, 5.41) is 0. The number of nitrogens with zero attached hydrogens (tertiary/aromatic N) is 3. The monoisotopic (exact) mass is 266 g/mol. The molecule has 1 aromatic heterocycles. The van der Waals surface area contributed by atoms with Gasteiger partial charge in [-0.3, -0.25) is 9.69 Å². The van der Waals surface area contributed by atoms with Crippen molar-refractivity contribution in [2.45, 2.75) is 26.3 Å². The Bertz CT molecular complexity index is 466. The van der Waals surface area contributed by atoms with Crippen LogP contribution >= 0.6 is 0 Å². The lowest BCUT2D eigenvalue weighted by Crippen LogP contribution is -2.50. The van der Waals surface area contributed by atoms with Crippen molar-refractivity contribution >= 4 is 5.82 Å². The molecule has 19 heavy (non-hydrogen) atoms. The van der Waals surface area contributed by atoms with Crippen LogP contribution in [0.5, 0.6) is 5.75 Å². The largest absolute Gasteiger partial charge is 0.489 e. The highest BCUT2D eigenvalue weighted by molar-refractivity contribution is 5.51. The summed E-state index contributed by atoms with van der Waals surface area (Å²) in [4.78, 5) is 23.0. The van der Waals surface area contributed by atoms with Crippen LogP contribution in [-0.2, 0) is 0 Å². The van der Waals surface area contributed by atoms with Gasteiger partial charge in [-0.15, -0.1) is 0 Å². The summed E-state index contributed by atoms with van der Waals surface area (Å²) in [6.45, 7) is 8.19. The van der Waals surface area contributed by atoms with Gasteiger partial charge >= 0.3 is 0 Å². The first-order valence-corrected chi connectivity index (χ1v) is 6.78. The number of piperazine rings is 1. The molecule has 1 unspecified atom stereocenters. The summed E-state index contributed by atoms with van der Waals surface area (Å²) >= 11 is 0. The normalized spacial score (nSPS) is 18.4. The van der Waals surface area contributed by atoms with Crippen LogP contribution in [-0.4, -0.2) is 54.2 Å². The number of aromatic amines is 1. The Balaban J connectivity index is 2.10. The van der Waals surface area contributed by atoms with Gasteiger partial charge in [0.1, 0.15) is 0 Å². The number of rotatable bonds is 4. The van der Waals surface area contributed by atoms with Gasteiger partial charge in [-0.1, -0.05) is 6.92 Å². The molecule has 1 atom stereocenters. The zero-order valence-electron chi connectivity index (χ0n) is 11.8. The van der Waals surface area contributed by atoms with E-state index < -0.39 is 0 Å². The third-order valence-electron chi connectivity index (χ3n) is 3.82. The lowest BCUT2D eigenvalue weighted by Gasteiger charge is -2.38. The van der Waals surface area contributed by atoms with E-state index >= 15 is 0 Å². The summed E-state index contributed by atoms with van der Waals surface area (Å²) in [6, 6.07) is 0.608. The summed E-state index contributed by atoms with van der Waals surface area (Å²) in [7, 11) is 1.51. The van der Waals surface area contributed by atoms with Crippen molar-refractivity contribution in [3.63, 3.8) is 0 Å². The molecule has 1 saturated heterocycles. The fourth-order valence-corrected chi connectivity index (χ4v) is 2.42. The third kappa shape index (κ3) is 2.89. The van der Waals surface area contributed by atoms with Crippen LogP contribution in [0.25, 0.3) is 0 Å². The van der Waals surface area contributed by atoms with Crippen molar-refractivity contribution in [2.24, 2.45) is 0 Å². The lowest BCUT2D eigenvalue weighted by molar-refractivity contribution is 0.192. The minimum absolute atomic E-state index is 0.225. The first-order valence-electron chi connectivity index (χ1n) is 6.78. The second-order valence-corrected chi connectivity index (χ2v) is 4.87. The number of hydrogen-bond donors (Lipinski definition) is 1. The first kappa shape index (κ1) is 13.9. The Morgan fingerprint density at radius 2 is 2.11 bits per heavy atom. The molecule has 1 aromatic rings. The second kappa shape index (κ2) is 6.06. The molecular formula is C13H22N4O2. The Labute approximate surface area is 113 Å². The highest BCUT2D eigenvalue weighted by Crippen LogP contribution is 2.22. The van der Waals surface area contributed by atoms with Gasteiger partial charge in [0.15, 0.2) is 5.82 Å². The Hall–Kier alpha value is -1.56. The molecule has 0 saturated carbocycles. The van der Waals surface area contributed by atoms with E-state index in [9.17, 15) is 4.79 Å². The van der Waals surface area contributed by atoms with Crippen molar-refractivity contribution < 1.29 is 4.74 Å². The molecule has 0 radical (unpaired) electrons. The van der Waals surface area contributed by atoms with E-state index in [1.165, 1.54) is 13.4 Å². The Kier molecular flexibility index (Phi) is 4.42. The predicted molar refractivity (Wildman–Crippen MR) is 74.9 cm³/mol. The zero-order chi connectivity index (χ0) is 13.8. The van der Waals surface area contributed by atoms with Crippen LogP contribution in [0.4, 0.5) is 5.82 Å². The van der Waals surface area contributed by atoms with Gasteiger partial charge in [0.25, 0.3) is 5.56 Å². The van der Waals surface area contributed by atoms with Gasteiger partial charge < -0.3 is 14.6 Å². The number of aromatic nitrogens is 2. The average molecular weight is 266 g/mol. The van der Waals surface area contributed by atoms with E-state index in [0.717, 1.165) is 32.6 Å². The van der Waals surface area contributed by atoms with Crippen LogP contribution in [0.3, 0.4) is 0 Å². The molecule has 2 rings (SSSR count). The molecular weight excluding hydrogens is 244 g/mol. The quantitative estimate of drug-likeness (QED) is 0.869. The summed E-state index contributed by atoms with van der Waals surface area (Å²) < 4.78 is 5.16. The van der Waals surface area contributed by atoms with Gasteiger partial charge in [0.2, 0.25) is 5.75 Å². The second-order valence-electron chi connectivity index (χ2n) is 4.87. The number of hydrogen-bond acceptors (Lipinski definition) is 5. The molecule has 1 aliphatic heterocycles. The topological polar surface area (TPSA) is 61.5 Å². The van der Waals surface area contributed by atoms with Crippen molar-refractivity contribution in [3.8, 4) is 5.75 Å². The van der Waals surface area contributed by atoms with Crippen LogP contribution in [0.2, 0.25) is 0 Å². The van der Waals surface area contributed by atoms with Gasteiger partial charge in [-0.2, -0.15) is 0 Å². The van der Waals surface area contributed by atoms with Gasteiger partial charge in [0.05, 0.1) is 13.4 Å². The molecule has 1 fully saturated rings. The molecule has 6 nitrogen and oxygen atoms in total. The van der Waals surface area contributed by atoms with E-state index in [0.29, 0.717) is 17.6 Å². The molecule has 2 heterocycles. The van der Waals surface area contributed by atoms with E-state index in [1.807, 2.05) is 0 Å². The van der Waals surface area contributed by atoms with E-state index in [1.54, 1.807) is 0 Å². The number of ether oxygens (including phenoxy) is 1. The van der Waals surface area contributed by atoms with Gasteiger partial charge in [0, 0.05) is 32.2 Å². The molecule has 6 heteroatoms. The predicted octanol–water partition coefficient (Wildman–Crippen LogP) is 0.699. The van der Waals surface area contributed by atoms with E-state index in [4.69, 9.17) is 4.74 Å². The average Bonchev–Trinajstić information content (AvgIpc) is 2.46. The lowest BCUT2D eigenvalue weighted by atomic mass is 10.2. The number of H-pyrrole nitrogens is 1. The highest BCUT2D eigenvalue weighted by Gasteiger charge is 2.23. The van der Waals surface area contributed by atoms with Crippen LogP contribution in [0.1, 0.15) is 20.3 Å². The standard InChI is InChI=1S/C13H22N4O2/c1-4-10(2)16-5-7-17(8-6-16)12-11(19-3)13(18)15-9-14-12/h9-10H,4-8H2,1-3H3,(H,14,15,18). The molecule has 0 amide bonds. The zero-order valence-corrected chi connectivity index (χ0v) is 11.8. The Morgan fingerprint density at radius 3 is 2.68 bits per heavy atom. The van der Waals surface area contributed by atoms with Crippen molar-refractivity contribution in [2.75, 3.05) is 38.2 Å². The van der Waals surface area contributed by atoms with Crippen molar-refractivity contribution in [3.05, 3.63) is 16.7 Å². The molecule has 0 aromatic carbocycles. The molecule has 0 spiro atoms. The molecule has 0 bridgehead atoms. The van der Waals surface area contributed by atoms with Crippen molar-refractivity contribution in [1.82, 2.24) is 14.9 Å². The number of anilines is 1. The number of nitrogens with one attached hydrogen (secondary N) is 1. The van der Waals surface area contributed by atoms with Gasteiger partial charge in [-0.05, 0) is 13.3 Å². The maximum atomic E-state index is 11.7. The van der Waals surface area contributed by atoms with E-state index in [-0.39, 0.29) is 5.56 Å². The summed E-state index contributed by atoms with van der Waals surface area (Å²) in [6.07, 6.45) is 2.59. The smallest absolute Gasteiger partial charge is 0.295 e. The molecule has 1 N–H and O–H groups in total. The van der Waals surface area contributed by atoms with Crippen molar-refractivity contribution in [1.29, 1.82) is 0 Å². The summed E-state index contributed by atoms with van der Waals surface area (Å²) in [5.74, 6) is 0.953. The molecule has 1 aliphatic rings. The van der Waals surface area contributed by atoms with Gasteiger partial charge in [-0.25, -0.2) is 4.98 Å².